The fraction of sp³-hybridized carbons (Fsp3) is 0.318. The molecule has 0 heterocycles. The average Bonchev–Trinajstić information content (AvgIpc) is 3.56. The zero-order chi connectivity index (χ0) is 21.0. The number of halogens is 1. The lowest BCUT2D eigenvalue weighted by molar-refractivity contribution is -0.119. The smallest absolute Gasteiger partial charge is 0.257 e. The minimum Gasteiger partial charge on any atom is -0.352 e. The van der Waals surface area contributed by atoms with E-state index in [1.165, 1.54) is 0 Å². The van der Waals surface area contributed by atoms with Gasteiger partial charge in [-0.1, -0.05) is 30.7 Å². The minimum atomic E-state index is -0.352. The molecule has 3 rings (SSSR count). The number of para-hydroxylation sites is 1. The molecule has 1 fully saturated rings. The molecule has 29 heavy (non-hydrogen) atoms. The van der Waals surface area contributed by atoms with Gasteiger partial charge in [0.05, 0.1) is 21.8 Å². The van der Waals surface area contributed by atoms with Gasteiger partial charge < -0.3 is 15.5 Å². The maximum absolute atomic E-state index is 12.8. The molecule has 0 radical (unpaired) electrons. The van der Waals surface area contributed by atoms with Crippen molar-refractivity contribution in [1.29, 1.82) is 0 Å². The maximum atomic E-state index is 12.8. The number of anilines is 2. The van der Waals surface area contributed by atoms with Crippen LogP contribution in [0.25, 0.3) is 0 Å². The summed E-state index contributed by atoms with van der Waals surface area (Å²) in [5, 5.41) is 5.82. The van der Waals surface area contributed by atoms with Crippen LogP contribution in [0.2, 0.25) is 5.02 Å². The number of benzene rings is 2. The number of carbonyl (C=O) groups is 3. The summed E-state index contributed by atoms with van der Waals surface area (Å²) in [4.78, 5) is 38.9. The van der Waals surface area contributed by atoms with Gasteiger partial charge in [0, 0.05) is 25.2 Å². The van der Waals surface area contributed by atoms with E-state index in [0.29, 0.717) is 29.0 Å². The van der Waals surface area contributed by atoms with Crippen molar-refractivity contribution < 1.29 is 14.4 Å². The molecule has 2 aromatic rings. The number of nitrogens with one attached hydrogen (secondary N) is 2. The molecule has 1 saturated carbocycles. The number of hydrogen-bond acceptors (Lipinski definition) is 3. The quantitative estimate of drug-likeness (QED) is 0.717. The Bertz CT molecular complexity index is 941. The highest BCUT2D eigenvalue weighted by atomic mass is 35.5. The molecule has 0 bridgehead atoms. The van der Waals surface area contributed by atoms with E-state index in [1.807, 2.05) is 6.92 Å². The van der Waals surface area contributed by atoms with Gasteiger partial charge in [0.1, 0.15) is 0 Å². The average molecular weight is 414 g/mol. The van der Waals surface area contributed by atoms with Crippen LogP contribution in [0, 0.1) is 5.92 Å². The molecular weight excluding hydrogens is 390 g/mol. The monoisotopic (exact) mass is 413 g/mol. The van der Waals surface area contributed by atoms with Crippen molar-refractivity contribution in [3.05, 3.63) is 58.6 Å². The van der Waals surface area contributed by atoms with E-state index in [9.17, 15) is 14.4 Å². The number of amides is 3. The van der Waals surface area contributed by atoms with E-state index < -0.39 is 0 Å². The van der Waals surface area contributed by atoms with Gasteiger partial charge in [0.25, 0.3) is 11.8 Å². The van der Waals surface area contributed by atoms with Crippen LogP contribution in [-0.4, -0.2) is 31.3 Å². The Morgan fingerprint density at radius 1 is 1.07 bits per heavy atom. The van der Waals surface area contributed by atoms with Crippen LogP contribution in [0.3, 0.4) is 0 Å². The molecule has 7 heteroatoms. The van der Waals surface area contributed by atoms with Crippen molar-refractivity contribution in [2.24, 2.45) is 5.92 Å². The molecule has 1 aliphatic rings. The first-order valence-electron chi connectivity index (χ1n) is 9.68. The van der Waals surface area contributed by atoms with Gasteiger partial charge in [-0.15, -0.1) is 0 Å². The Morgan fingerprint density at radius 2 is 1.79 bits per heavy atom. The zero-order valence-electron chi connectivity index (χ0n) is 16.5. The number of carbonyl (C=O) groups excluding carboxylic acids is 3. The van der Waals surface area contributed by atoms with Crippen LogP contribution < -0.4 is 15.5 Å². The molecule has 0 atom stereocenters. The van der Waals surface area contributed by atoms with Gasteiger partial charge in [-0.05, 0) is 49.6 Å². The van der Waals surface area contributed by atoms with Gasteiger partial charge in [0.2, 0.25) is 5.91 Å². The lowest BCUT2D eigenvalue weighted by Gasteiger charge is -2.20. The van der Waals surface area contributed by atoms with E-state index in [-0.39, 0.29) is 28.7 Å². The van der Waals surface area contributed by atoms with Crippen LogP contribution in [0.4, 0.5) is 11.4 Å². The van der Waals surface area contributed by atoms with Crippen molar-refractivity contribution in [2.45, 2.75) is 26.2 Å². The molecule has 0 aromatic heterocycles. The largest absolute Gasteiger partial charge is 0.352 e. The van der Waals surface area contributed by atoms with Crippen molar-refractivity contribution in [1.82, 2.24) is 5.32 Å². The fourth-order valence-corrected chi connectivity index (χ4v) is 3.26. The Hall–Kier alpha value is -2.86. The van der Waals surface area contributed by atoms with Crippen molar-refractivity contribution in [3.63, 3.8) is 0 Å². The Kier molecular flexibility index (Phi) is 6.54. The first-order chi connectivity index (χ1) is 13.9. The fourth-order valence-electron chi connectivity index (χ4n) is 2.99. The van der Waals surface area contributed by atoms with E-state index in [2.05, 4.69) is 10.6 Å². The van der Waals surface area contributed by atoms with Gasteiger partial charge >= 0.3 is 0 Å². The molecule has 1 aliphatic carbocycles. The summed E-state index contributed by atoms with van der Waals surface area (Å²) in [6.45, 7) is 2.53. The third-order valence-corrected chi connectivity index (χ3v) is 5.09. The Morgan fingerprint density at radius 3 is 2.45 bits per heavy atom. The molecule has 3 amide bonds. The second-order valence-electron chi connectivity index (χ2n) is 7.09. The molecule has 152 valence electrons. The third-order valence-electron chi connectivity index (χ3n) is 4.77. The lowest BCUT2D eigenvalue weighted by atomic mass is 10.1. The molecule has 0 spiro atoms. The summed E-state index contributed by atoms with van der Waals surface area (Å²) in [5.41, 5.74) is 1.78. The van der Waals surface area contributed by atoms with Crippen LogP contribution in [0.15, 0.2) is 42.5 Å². The second-order valence-corrected chi connectivity index (χ2v) is 7.50. The minimum absolute atomic E-state index is 0.0238. The van der Waals surface area contributed by atoms with E-state index >= 15 is 0 Å². The third kappa shape index (κ3) is 4.95. The summed E-state index contributed by atoms with van der Waals surface area (Å²) in [6.07, 6.45) is 2.62. The van der Waals surface area contributed by atoms with Crippen molar-refractivity contribution >= 4 is 40.7 Å². The van der Waals surface area contributed by atoms with Crippen LogP contribution in [0.1, 0.15) is 46.9 Å². The lowest BCUT2D eigenvalue weighted by Crippen LogP contribution is -2.30. The van der Waals surface area contributed by atoms with Crippen molar-refractivity contribution in [2.75, 3.05) is 23.8 Å². The Balaban J connectivity index is 1.76. The number of nitrogens with zero attached hydrogens (tertiary/aromatic N) is 1. The first kappa shape index (κ1) is 20.9. The van der Waals surface area contributed by atoms with Crippen molar-refractivity contribution in [3.8, 4) is 0 Å². The molecule has 6 nitrogen and oxygen atoms in total. The van der Waals surface area contributed by atoms with E-state index in [0.717, 1.165) is 19.3 Å². The second kappa shape index (κ2) is 9.09. The number of hydrogen-bond donors (Lipinski definition) is 2. The van der Waals surface area contributed by atoms with Gasteiger partial charge in [0.15, 0.2) is 0 Å². The SMILES string of the molecule is CCCNC(=O)c1ccc(NC(=O)c2ccccc2N(C)C(=O)C2CC2)cc1Cl. The van der Waals surface area contributed by atoms with Gasteiger partial charge in [-0.2, -0.15) is 0 Å². The summed E-state index contributed by atoms with van der Waals surface area (Å²) >= 11 is 6.23. The summed E-state index contributed by atoms with van der Waals surface area (Å²) in [5.74, 6) is -0.521. The summed E-state index contributed by atoms with van der Waals surface area (Å²) in [7, 11) is 1.69. The first-order valence-corrected chi connectivity index (χ1v) is 10.1. The normalized spacial score (nSPS) is 12.9. The van der Waals surface area contributed by atoms with Crippen LogP contribution >= 0.6 is 11.6 Å². The van der Waals surface area contributed by atoms with E-state index in [4.69, 9.17) is 11.6 Å². The van der Waals surface area contributed by atoms with Gasteiger partial charge in [-0.3, -0.25) is 14.4 Å². The molecule has 2 N–H and O–H groups in total. The predicted octanol–water partition coefficient (Wildman–Crippen LogP) is 4.10. The summed E-state index contributed by atoms with van der Waals surface area (Å²) in [6, 6.07) is 11.7. The molecular formula is C22H24ClN3O3. The van der Waals surface area contributed by atoms with Crippen LogP contribution in [-0.2, 0) is 4.79 Å². The predicted molar refractivity (Wildman–Crippen MR) is 115 cm³/mol. The molecule has 0 saturated heterocycles. The zero-order valence-corrected chi connectivity index (χ0v) is 17.3. The number of rotatable bonds is 7. The molecule has 2 aromatic carbocycles. The Labute approximate surface area is 175 Å². The van der Waals surface area contributed by atoms with Crippen LogP contribution in [0.5, 0.6) is 0 Å². The molecule has 0 unspecified atom stereocenters. The summed E-state index contributed by atoms with van der Waals surface area (Å²) < 4.78 is 0. The maximum Gasteiger partial charge on any atom is 0.257 e. The van der Waals surface area contributed by atoms with Gasteiger partial charge in [-0.25, -0.2) is 0 Å². The van der Waals surface area contributed by atoms with E-state index in [1.54, 1.807) is 54.4 Å². The highest BCUT2D eigenvalue weighted by Crippen LogP contribution is 2.33. The topological polar surface area (TPSA) is 78.5 Å². The molecule has 0 aliphatic heterocycles. The highest BCUT2D eigenvalue weighted by molar-refractivity contribution is 6.34. The standard InChI is InChI=1S/C22H24ClN3O3/c1-3-12-24-20(27)16-11-10-15(13-18(16)23)25-21(28)17-6-4-5-7-19(17)26(2)22(29)14-8-9-14/h4-7,10-11,13-14H,3,8-9,12H2,1-2H3,(H,24,27)(H,25,28). The highest BCUT2D eigenvalue weighted by Gasteiger charge is 2.33.